The molecule has 0 radical (unpaired) electrons. The van der Waals surface area contributed by atoms with Gasteiger partial charge in [0.2, 0.25) is 5.76 Å². The van der Waals surface area contributed by atoms with Gasteiger partial charge >= 0.3 is 5.97 Å². The van der Waals surface area contributed by atoms with Gasteiger partial charge in [0.1, 0.15) is 12.4 Å². The van der Waals surface area contributed by atoms with Crippen molar-refractivity contribution in [3.63, 3.8) is 0 Å². The van der Waals surface area contributed by atoms with E-state index in [9.17, 15) is 9.59 Å². The molecular weight excluding hydrogens is 480 g/mol. The first-order valence-corrected chi connectivity index (χ1v) is 11.2. The van der Waals surface area contributed by atoms with Crippen molar-refractivity contribution in [2.75, 3.05) is 14.2 Å². The minimum absolute atomic E-state index is 0.0926. The Morgan fingerprint density at radius 3 is 2.76 bits per heavy atom. The average molecular weight is 499 g/mol. The maximum Gasteiger partial charge on any atom is 0.373 e. The fourth-order valence-electron chi connectivity index (χ4n) is 3.00. The predicted molar refractivity (Wildman–Crippen MR) is 130 cm³/mol. The van der Waals surface area contributed by atoms with Crippen molar-refractivity contribution < 1.29 is 28.2 Å². The molecule has 0 bridgehead atoms. The third kappa shape index (κ3) is 5.62. The number of hydrogen-bond donors (Lipinski definition) is 1. The summed E-state index contributed by atoms with van der Waals surface area (Å²) in [7, 11) is 2.80. The number of carbonyl (C=O) groups is 2. The molecule has 10 heteroatoms. The Bertz CT molecular complexity index is 1300. The Hall–Kier alpha value is -3.69. The molecule has 1 aromatic heterocycles. The first kappa shape index (κ1) is 23.5. The number of amides is 1. The van der Waals surface area contributed by atoms with Crippen molar-refractivity contribution in [2.24, 2.45) is 4.99 Å². The van der Waals surface area contributed by atoms with Crippen molar-refractivity contribution in [2.45, 2.75) is 6.61 Å². The summed E-state index contributed by atoms with van der Waals surface area (Å²) in [6, 6.07) is 15.5. The third-order valence-electron chi connectivity index (χ3n) is 4.59. The third-order valence-corrected chi connectivity index (χ3v) is 5.74. The molecule has 1 N–H and O–H groups in total. The van der Waals surface area contributed by atoms with Crippen LogP contribution in [0.3, 0.4) is 0 Å². The van der Waals surface area contributed by atoms with Gasteiger partial charge in [0.15, 0.2) is 16.7 Å². The summed E-state index contributed by atoms with van der Waals surface area (Å²) in [6.45, 7) is 0.0926. The summed E-state index contributed by atoms with van der Waals surface area (Å²) in [5, 5.41) is 3.78. The largest absolute Gasteiger partial charge is 0.493 e. The van der Waals surface area contributed by atoms with Crippen LogP contribution in [0.5, 0.6) is 11.5 Å². The number of thioether (sulfide) groups is 1. The van der Waals surface area contributed by atoms with E-state index in [-0.39, 0.29) is 18.3 Å². The summed E-state index contributed by atoms with van der Waals surface area (Å²) in [5.74, 6) is 0.706. The number of rotatable bonds is 7. The number of esters is 1. The van der Waals surface area contributed by atoms with Crippen LogP contribution in [0.4, 0.5) is 5.69 Å². The minimum atomic E-state index is -0.559. The van der Waals surface area contributed by atoms with Crippen molar-refractivity contribution in [3.8, 4) is 11.5 Å². The van der Waals surface area contributed by atoms with Crippen molar-refractivity contribution in [1.29, 1.82) is 0 Å². The number of nitrogens with zero attached hydrogens (tertiary/aromatic N) is 1. The van der Waals surface area contributed by atoms with Gasteiger partial charge < -0.3 is 23.9 Å². The van der Waals surface area contributed by atoms with E-state index in [4.69, 9.17) is 25.5 Å². The summed E-state index contributed by atoms with van der Waals surface area (Å²) in [4.78, 5) is 28.8. The normalized spacial score (nSPS) is 15.4. The lowest BCUT2D eigenvalue weighted by Crippen LogP contribution is -2.19. The van der Waals surface area contributed by atoms with Crippen molar-refractivity contribution in [1.82, 2.24) is 5.32 Å². The van der Waals surface area contributed by atoms with Crippen LogP contribution >= 0.6 is 23.4 Å². The lowest BCUT2D eigenvalue weighted by atomic mass is 10.2. The maximum absolute atomic E-state index is 12.4. The van der Waals surface area contributed by atoms with Gasteiger partial charge in [0.25, 0.3) is 5.91 Å². The Kier molecular flexibility index (Phi) is 7.24. The zero-order chi connectivity index (χ0) is 24.1. The fraction of sp³-hybridized carbons (Fsp3) is 0.125. The Balaban J connectivity index is 1.46. The van der Waals surface area contributed by atoms with Crippen molar-refractivity contribution in [3.05, 3.63) is 81.6 Å². The molecule has 3 aromatic rings. The number of benzene rings is 2. The monoisotopic (exact) mass is 498 g/mol. The van der Waals surface area contributed by atoms with Crippen LogP contribution in [0.25, 0.3) is 6.08 Å². The summed E-state index contributed by atoms with van der Waals surface area (Å²) < 4.78 is 21.2. The van der Waals surface area contributed by atoms with E-state index in [0.717, 1.165) is 5.56 Å². The predicted octanol–water partition coefficient (Wildman–Crippen LogP) is 5.20. The molecule has 34 heavy (non-hydrogen) atoms. The van der Waals surface area contributed by atoms with Crippen LogP contribution in [-0.4, -0.2) is 31.3 Å². The Labute approximate surface area is 204 Å². The number of methoxy groups -OCH3 is 2. The SMILES string of the molecule is COC(=O)c1ccc(COc2ccc(/C=C3/SC(=Nc4cccc(Cl)c4)NC3=O)cc2OC)o1. The van der Waals surface area contributed by atoms with Gasteiger partial charge in [0.05, 0.1) is 24.8 Å². The molecule has 1 amide bonds. The molecule has 4 rings (SSSR count). The van der Waals surface area contributed by atoms with Gasteiger partial charge in [-0.15, -0.1) is 0 Å². The molecule has 174 valence electrons. The number of amidine groups is 1. The van der Waals surface area contributed by atoms with E-state index in [0.29, 0.717) is 38.0 Å². The summed E-state index contributed by atoms with van der Waals surface area (Å²) in [5.41, 5.74) is 1.40. The van der Waals surface area contributed by atoms with E-state index in [1.165, 1.54) is 32.0 Å². The number of halogens is 1. The smallest absolute Gasteiger partial charge is 0.373 e. The maximum atomic E-state index is 12.4. The molecule has 2 aromatic carbocycles. The van der Waals surface area contributed by atoms with E-state index in [1.54, 1.807) is 54.6 Å². The number of nitrogens with one attached hydrogen (secondary N) is 1. The van der Waals surface area contributed by atoms with Crippen LogP contribution in [0, 0.1) is 0 Å². The first-order valence-electron chi connectivity index (χ1n) is 9.98. The summed E-state index contributed by atoms with van der Waals surface area (Å²) >= 11 is 7.22. The van der Waals surface area contributed by atoms with E-state index < -0.39 is 5.97 Å². The van der Waals surface area contributed by atoms with Gasteiger partial charge in [-0.25, -0.2) is 9.79 Å². The quantitative estimate of drug-likeness (QED) is 0.353. The van der Waals surface area contributed by atoms with Gasteiger partial charge in [-0.3, -0.25) is 4.79 Å². The Morgan fingerprint density at radius 1 is 1.15 bits per heavy atom. The molecule has 0 unspecified atom stereocenters. The van der Waals surface area contributed by atoms with E-state index in [1.807, 2.05) is 0 Å². The van der Waals surface area contributed by atoms with Gasteiger partial charge in [-0.05, 0) is 65.9 Å². The van der Waals surface area contributed by atoms with E-state index >= 15 is 0 Å². The molecule has 0 saturated carbocycles. The molecule has 0 atom stereocenters. The zero-order valence-electron chi connectivity index (χ0n) is 18.2. The van der Waals surface area contributed by atoms with Crippen molar-refractivity contribution >= 4 is 52.2 Å². The number of carbonyl (C=O) groups excluding carboxylic acids is 2. The average Bonchev–Trinajstić information content (AvgIpc) is 3.44. The highest BCUT2D eigenvalue weighted by atomic mass is 35.5. The highest BCUT2D eigenvalue weighted by Gasteiger charge is 2.24. The number of ether oxygens (including phenoxy) is 3. The lowest BCUT2D eigenvalue weighted by Gasteiger charge is -2.10. The molecule has 1 saturated heterocycles. The van der Waals surface area contributed by atoms with Crippen LogP contribution < -0.4 is 14.8 Å². The van der Waals surface area contributed by atoms with Crippen LogP contribution in [0.2, 0.25) is 5.02 Å². The van der Waals surface area contributed by atoms with Gasteiger partial charge in [-0.2, -0.15) is 0 Å². The fourth-order valence-corrected chi connectivity index (χ4v) is 4.03. The minimum Gasteiger partial charge on any atom is -0.493 e. The molecule has 1 aliphatic rings. The molecule has 0 spiro atoms. The summed E-state index contributed by atoms with van der Waals surface area (Å²) in [6.07, 6.45) is 1.74. The highest BCUT2D eigenvalue weighted by molar-refractivity contribution is 8.18. The second kappa shape index (κ2) is 10.5. The Morgan fingerprint density at radius 2 is 2.00 bits per heavy atom. The van der Waals surface area contributed by atoms with E-state index in [2.05, 4.69) is 15.0 Å². The second-order valence-corrected chi connectivity index (χ2v) is 8.39. The van der Waals surface area contributed by atoms with Crippen LogP contribution in [0.15, 0.2) is 68.9 Å². The standard InChI is InChI=1S/C24H19ClN2O6S/c1-30-20-10-14(6-8-18(20)32-13-17-7-9-19(33-17)23(29)31-2)11-21-22(28)27-24(34-21)26-16-5-3-4-15(25)12-16/h3-12H,13H2,1-2H3,(H,26,27,28)/b21-11+. The topological polar surface area (TPSA) is 99.4 Å². The van der Waals surface area contributed by atoms with Crippen LogP contribution in [0.1, 0.15) is 21.9 Å². The van der Waals surface area contributed by atoms with Gasteiger partial charge in [0, 0.05) is 5.02 Å². The molecular formula is C24H19ClN2O6S. The highest BCUT2D eigenvalue weighted by Crippen LogP contribution is 2.33. The molecule has 1 aliphatic heterocycles. The molecule has 1 fully saturated rings. The zero-order valence-corrected chi connectivity index (χ0v) is 19.7. The van der Waals surface area contributed by atoms with Gasteiger partial charge in [-0.1, -0.05) is 23.7 Å². The molecule has 2 heterocycles. The number of furan rings is 1. The molecule has 0 aliphatic carbocycles. The van der Waals surface area contributed by atoms with Crippen LogP contribution in [-0.2, 0) is 16.1 Å². The second-order valence-electron chi connectivity index (χ2n) is 6.92. The molecule has 8 nitrogen and oxygen atoms in total. The lowest BCUT2D eigenvalue weighted by molar-refractivity contribution is -0.115. The first-order chi connectivity index (χ1) is 16.4. The number of aliphatic imine (C=N–C) groups is 1. The number of hydrogen-bond acceptors (Lipinski definition) is 8.